The van der Waals surface area contributed by atoms with Crippen molar-refractivity contribution in [2.75, 3.05) is 18.1 Å². The molecule has 13 heteroatoms. The van der Waals surface area contributed by atoms with Crippen molar-refractivity contribution in [3.05, 3.63) is 11.3 Å². The number of carboxylic acids is 2. The number of amides is 1. The third-order valence-corrected chi connectivity index (χ3v) is 5.70. The number of nitrogens with zero attached hydrogens (tertiary/aromatic N) is 3. The van der Waals surface area contributed by atoms with E-state index >= 15 is 0 Å². The summed E-state index contributed by atoms with van der Waals surface area (Å²) in [7, 11) is 0. The second-order valence-electron chi connectivity index (χ2n) is 5.05. The van der Waals surface area contributed by atoms with Gasteiger partial charge < -0.3 is 21.8 Å². The first-order valence-electron chi connectivity index (χ1n) is 6.93. The Labute approximate surface area is 152 Å². The molecule has 2 unspecified atom stereocenters. The molecule has 0 aliphatic carbocycles. The number of rotatable bonds is 7. The zero-order valence-electron chi connectivity index (χ0n) is 13.4. The van der Waals surface area contributed by atoms with E-state index in [0.717, 1.165) is 21.7 Å². The summed E-state index contributed by atoms with van der Waals surface area (Å²) in [6.07, 6.45) is 0.436. The highest BCUT2D eigenvalue weighted by molar-refractivity contribution is 8.14. The Morgan fingerprint density at radius 1 is 1.56 bits per heavy atom. The number of aliphatic carboxylic acids is 2. The number of nitrogens with two attached hydrogens (primary N) is 3. The molecule has 11 nitrogen and oxygen atoms in total. The molecule has 0 fully saturated rings. The summed E-state index contributed by atoms with van der Waals surface area (Å²) in [4.78, 5) is 34.8. The molecule has 0 aromatic rings. The van der Waals surface area contributed by atoms with Crippen LogP contribution < -0.4 is 17.4 Å². The average molecular weight is 392 g/mol. The predicted octanol–water partition coefficient (Wildman–Crippen LogP) is -1.57. The highest BCUT2D eigenvalue weighted by Crippen LogP contribution is 2.33. The Morgan fingerprint density at radius 3 is 2.64 bits per heavy atom. The van der Waals surface area contributed by atoms with Gasteiger partial charge in [-0.25, -0.2) is 10.6 Å². The average Bonchev–Trinajstić information content (AvgIpc) is 2.53. The first kappa shape index (κ1) is 21.1. The molecule has 1 aliphatic heterocycles. The Bertz CT molecular complexity index is 597. The topological polar surface area (TPSA) is 189 Å². The van der Waals surface area contributed by atoms with Crippen molar-refractivity contribution in [2.24, 2.45) is 22.5 Å². The van der Waals surface area contributed by atoms with Gasteiger partial charge in [0.15, 0.2) is 5.17 Å². The molecule has 0 saturated carbocycles. The normalized spacial score (nSPS) is 19.6. The lowest BCUT2D eigenvalue weighted by atomic mass is 10.2. The van der Waals surface area contributed by atoms with Crippen LogP contribution in [0.4, 0.5) is 0 Å². The molecule has 1 aliphatic rings. The molecule has 8 N–H and O–H groups in total. The van der Waals surface area contributed by atoms with Crippen molar-refractivity contribution in [2.45, 2.75) is 18.3 Å². The van der Waals surface area contributed by atoms with Gasteiger partial charge in [-0.05, 0) is 12.5 Å². The van der Waals surface area contributed by atoms with E-state index in [1.165, 1.54) is 11.8 Å². The van der Waals surface area contributed by atoms with Crippen LogP contribution in [0.1, 0.15) is 6.92 Å². The Kier molecular flexibility index (Phi) is 8.02. The van der Waals surface area contributed by atoms with Crippen LogP contribution in [-0.2, 0) is 14.4 Å². The molecule has 2 atom stereocenters. The van der Waals surface area contributed by atoms with Gasteiger partial charge in [0.1, 0.15) is 12.2 Å². The molecule has 1 amide bonds. The van der Waals surface area contributed by atoms with Crippen LogP contribution >= 0.6 is 23.5 Å². The zero-order valence-corrected chi connectivity index (χ0v) is 15.0. The molecular formula is C12H20N6O5S2. The molecule has 0 radical (unpaired) electrons. The lowest BCUT2D eigenvalue weighted by molar-refractivity contribution is -0.137. The predicted molar refractivity (Wildman–Crippen MR) is 95.1 cm³/mol. The fraction of sp³-hybridized carbons (Fsp3) is 0.500. The summed E-state index contributed by atoms with van der Waals surface area (Å²) >= 11 is 2.31. The van der Waals surface area contributed by atoms with Crippen molar-refractivity contribution in [3.8, 4) is 0 Å². The van der Waals surface area contributed by atoms with E-state index in [1.807, 2.05) is 0 Å². The number of hydrogen-bond acceptors (Lipinski definition) is 9. The summed E-state index contributed by atoms with van der Waals surface area (Å²) in [5, 5.41) is 22.0. The molecule has 0 spiro atoms. The van der Waals surface area contributed by atoms with E-state index in [4.69, 9.17) is 22.5 Å². The number of carbonyl (C=O) groups excluding carboxylic acids is 1. The molecule has 0 saturated heterocycles. The van der Waals surface area contributed by atoms with Gasteiger partial charge >= 0.3 is 11.9 Å². The number of hydrogen-bond donors (Lipinski definition) is 5. The lowest BCUT2D eigenvalue weighted by Gasteiger charge is -2.36. The maximum atomic E-state index is 11.6. The van der Waals surface area contributed by atoms with Crippen molar-refractivity contribution < 1.29 is 24.6 Å². The number of amidine groups is 1. The number of carboxylic acid groups (broad SMARTS) is 2. The van der Waals surface area contributed by atoms with Crippen molar-refractivity contribution >= 4 is 47.0 Å². The van der Waals surface area contributed by atoms with E-state index < -0.39 is 29.9 Å². The van der Waals surface area contributed by atoms with Crippen molar-refractivity contribution in [1.29, 1.82) is 0 Å². The smallest absolute Gasteiger partial charge is 0.352 e. The van der Waals surface area contributed by atoms with Crippen LogP contribution in [0, 0.1) is 0 Å². The molecule has 25 heavy (non-hydrogen) atoms. The van der Waals surface area contributed by atoms with Gasteiger partial charge in [0.2, 0.25) is 6.41 Å². The Balaban J connectivity index is 3.00. The quantitative estimate of drug-likeness (QED) is 0.111. The minimum atomic E-state index is -1.25. The summed E-state index contributed by atoms with van der Waals surface area (Å²) in [5.41, 5.74) is 6.12. The maximum Gasteiger partial charge on any atom is 0.352 e. The number of hydrazine groups is 1. The molecular weight excluding hydrogens is 372 g/mol. The Hall–Kier alpha value is -1.96. The SMILES string of the molecule is CC(N)C1SCC(CS/C(=N/N)N(N)CC(=O)O)=C(C(=O)O)N1C=O. The third-order valence-electron chi connectivity index (χ3n) is 3.10. The van der Waals surface area contributed by atoms with E-state index in [0.29, 0.717) is 17.7 Å². The summed E-state index contributed by atoms with van der Waals surface area (Å²) in [6.45, 7) is 1.17. The number of hydrazone groups is 1. The van der Waals surface area contributed by atoms with Crippen LogP contribution in [0.3, 0.4) is 0 Å². The monoisotopic (exact) mass is 392 g/mol. The van der Waals surface area contributed by atoms with Crippen molar-refractivity contribution in [1.82, 2.24) is 9.91 Å². The van der Waals surface area contributed by atoms with Gasteiger partial charge in [-0.3, -0.25) is 19.5 Å². The largest absolute Gasteiger partial charge is 0.480 e. The first-order chi connectivity index (χ1) is 11.7. The zero-order chi connectivity index (χ0) is 19.1. The van der Waals surface area contributed by atoms with Crippen LogP contribution in [0.15, 0.2) is 16.4 Å². The van der Waals surface area contributed by atoms with Gasteiger partial charge in [0.05, 0.1) is 5.37 Å². The van der Waals surface area contributed by atoms with E-state index in [-0.39, 0.29) is 16.6 Å². The fourth-order valence-corrected chi connectivity index (χ4v) is 4.30. The van der Waals surface area contributed by atoms with Gasteiger partial charge in [-0.1, -0.05) is 11.8 Å². The van der Waals surface area contributed by atoms with Gasteiger partial charge in [-0.15, -0.1) is 11.8 Å². The second-order valence-corrected chi connectivity index (χ2v) is 7.10. The fourth-order valence-electron chi connectivity index (χ4n) is 2.09. The van der Waals surface area contributed by atoms with Crippen LogP contribution in [0.5, 0.6) is 0 Å². The molecule has 1 heterocycles. The van der Waals surface area contributed by atoms with Crippen LogP contribution in [0.2, 0.25) is 0 Å². The molecule has 0 aromatic carbocycles. The molecule has 0 aromatic heterocycles. The number of thioether (sulfide) groups is 2. The standard InChI is InChI=1S/C12H20N6O5S2/c1-6(13)10-17(5-19)9(11(22)23)7(3-24-10)4-25-12(16-14)18(15)2-8(20)21/h5-6,10H,2-4,13-15H2,1H3,(H,20,21)(H,22,23)/b16-12+. The summed E-state index contributed by atoms with van der Waals surface area (Å²) < 4.78 is 0. The highest BCUT2D eigenvalue weighted by atomic mass is 32.2. The molecule has 140 valence electrons. The van der Waals surface area contributed by atoms with Gasteiger partial charge in [-0.2, -0.15) is 5.10 Å². The summed E-state index contributed by atoms with van der Waals surface area (Å²) in [6, 6.07) is -0.421. The van der Waals surface area contributed by atoms with Crippen LogP contribution in [0.25, 0.3) is 0 Å². The third kappa shape index (κ3) is 5.52. The first-order valence-corrected chi connectivity index (χ1v) is 8.97. The van der Waals surface area contributed by atoms with E-state index in [9.17, 15) is 19.5 Å². The maximum absolute atomic E-state index is 11.6. The van der Waals surface area contributed by atoms with Gasteiger partial charge in [0.25, 0.3) is 0 Å². The minimum Gasteiger partial charge on any atom is -0.480 e. The number of carbonyl (C=O) groups is 3. The van der Waals surface area contributed by atoms with E-state index in [1.54, 1.807) is 6.92 Å². The second kappa shape index (κ2) is 9.50. The van der Waals surface area contributed by atoms with Gasteiger partial charge in [0, 0.05) is 17.5 Å². The lowest BCUT2D eigenvalue weighted by Crippen LogP contribution is -2.47. The van der Waals surface area contributed by atoms with Crippen molar-refractivity contribution in [3.63, 3.8) is 0 Å². The Morgan fingerprint density at radius 2 is 2.20 bits per heavy atom. The van der Waals surface area contributed by atoms with E-state index in [2.05, 4.69) is 5.10 Å². The highest BCUT2D eigenvalue weighted by Gasteiger charge is 2.34. The van der Waals surface area contributed by atoms with Crippen LogP contribution in [-0.4, -0.2) is 73.1 Å². The minimum absolute atomic E-state index is 0.0246. The molecule has 1 rings (SSSR count). The summed E-state index contributed by atoms with van der Waals surface area (Å²) in [5.74, 6) is 8.79. The molecule has 0 bridgehead atoms.